The summed E-state index contributed by atoms with van der Waals surface area (Å²) in [5.74, 6) is 0.309. The lowest BCUT2D eigenvalue weighted by Crippen LogP contribution is -2.44. The van der Waals surface area contributed by atoms with E-state index in [0.717, 1.165) is 10.8 Å². The van der Waals surface area contributed by atoms with Crippen molar-refractivity contribution < 1.29 is 9.68 Å². The maximum Gasteiger partial charge on any atom is 0.492 e. The second-order valence-corrected chi connectivity index (χ2v) is 7.70. The third kappa shape index (κ3) is 2.50. The van der Waals surface area contributed by atoms with Gasteiger partial charge in [-0.25, -0.2) is 0 Å². The molecule has 0 heterocycles. The van der Waals surface area contributed by atoms with Crippen LogP contribution in [0.25, 0.3) is 33.0 Å². The normalized spacial score (nSPS) is 12.7. The minimum absolute atomic E-state index is 0.309. The Kier molecular flexibility index (Phi) is 3.75. The predicted molar refractivity (Wildman–Crippen MR) is 106 cm³/mol. The monoisotopic (exact) mass is 330 g/mol. The van der Waals surface area contributed by atoms with Crippen molar-refractivity contribution in [2.45, 2.75) is 33.3 Å². The van der Waals surface area contributed by atoms with E-state index in [9.17, 15) is 5.02 Å². The quantitative estimate of drug-likeness (QED) is 0.553. The van der Waals surface area contributed by atoms with E-state index in [1.165, 1.54) is 27.6 Å². The molecule has 0 saturated carbocycles. The largest absolute Gasteiger partial charge is 0.492 e. The van der Waals surface area contributed by atoms with E-state index in [1.54, 1.807) is 0 Å². The van der Waals surface area contributed by atoms with Crippen LogP contribution in [0.15, 0.2) is 54.6 Å². The van der Waals surface area contributed by atoms with Crippen LogP contribution in [0.2, 0.25) is 0 Å². The van der Waals surface area contributed by atoms with Gasteiger partial charge < -0.3 is 9.68 Å². The Balaban J connectivity index is 1.86. The predicted octanol–water partition coefficient (Wildman–Crippen LogP) is 4.63. The molecule has 0 aromatic heterocycles. The van der Waals surface area contributed by atoms with Gasteiger partial charge in [-0.3, -0.25) is 0 Å². The summed E-state index contributed by atoms with van der Waals surface area (Å²) in [6, 6.07) is 18.9. The highest BCUT2D eigenvalue weighted by Crippen LogP contribution is 2.46. The Morgan fingerprint density at radius 2 is 1.44 bits per heavy atom. The molecule has 0 unspecified atom stereocenters. The van der Waals surface area contributed by atoms with Gasteiger partial charge in [0.2, 0.25) is 0 Å². The molecule has 1 N–H and O–H groups in total. The van der Waals surface area contributed by atoms with Crippen LogP contribution in [0.5, 0.6) is 0 Å². The summed E-state index contributed by atoms with van der Waals surface area (Å²) in [5.41, 5.74) is 5.43. The second kappa shape index (κ2) is 5.72. The smallest absolute Gasteiger partial charge is 0.423 e. The number of hydrogen-bond donors (Lipinski definition) is 1. The molecule has 0 fully saturated rings. The van der Waals surface area contributed by atoms with Gasteiger partial charge in [0.05, 0.1) is 5.60 Å². The fourth-order valence-electron chi connectivity index (χ4n) is 3.53. The third-order valence-electron chi connectivity index (χ3n) is 5.65. The first kappa shape index (κ1) is 16.4. The van der Waals surface area contributed by atoms with Crippen LogP contribution in [0, 0.1) is 5.92 Å². The molecule has 3 heteroatoms. The molecule has 0 atom stereocenters. The fourth-order valence-corrected chi connectivity index (χ4v) is 3.53. The Bertz CT molecular complexity index is 930. The first-order chi connectivity index (χ1) is 11.9. The second-order valence-electron chi connectivity index (χ2n) is 7.70. The van der Waals surface area contributed by atoms with Crippen molar-refractivity contribution in [1.82, 2.24) is 0 Å². The van der Waals surface area contributed by atoms with Crippen LogP contribution in [0.1, 0.15) is 27.7 Å². The van der Waals surface area contributed by atoms with Crippen LogP contribution < -0.4 is 5.46 Å². The Hall–Kier alpha value is -2.10. The van der Waals surface area contributed by atoms with Gasteiger partial charge in [-0.2, -0.15) is 0 Å². The van der Waals surface area contributed by atoms with Crippen molar-refractivity contribution in [3.05, 3.63) is 54.6 Å². The van der Waals surface area contributed by atoms with Gasteiger partial charge >= 0.3 is 7.12 Å². The summed E-state index contributed by atoms with van der Waals surface area (Å²) < 4.78 is 6.03. The van der Waals surface area contributed by atoms with Crippen LogP contribution in [0.3, 0.4) is 0 Å². The zero-order valence-corrected chi connectivity index (χ0v) is 15.2. The average Bonchev–Trinajstić information content (AvgIpc) is 2.91. The Morgan fingerprint density at radius 3 is 2.08 bits per heavy atom. The van der Waals surface area contributed by atoms with Gasteiger partial charge in [0.15, 0.2) is 0 Å². The topological polar surface area (TPSA) is 29.5 Å². The van der Waals surface area contributed by atoms with Crippen LogP contribution in [-0.2, 0) is 4.65 Å². The first-order valence-corrected chi connectivity index (χ1v) is 8.91. The maximum absolute atomic E-state index is 10.8. The zero-order valence-electron chi connectivity index (χ0n) is 15.2. The van der Waals surface area contributed by atoms with Gasteiger partial charge in [0, 0.05) is 0 Å². The highest BCUT2D eigenvalue weighted by molar-refractivity contribution is 6.63. The summed E-state index contributed by atoms with van der Waals surface area (Å²) in [4.78, 5) is 0. The van der Waals surface area contributed by atoms with Crippen molar-refractivity contribution in [1.29, 1.82) is 0 Å². The lowest BCUT2D eigenvalue weighted by atomic mass is 9.74. The molecule has 4 rings (SSSR count). The minimum Gasteiger partial charge on any atom is -0.423 e. The molecule has 126 valence electrons. The Morgan fingerprint density at radius 1 is 0.840 bits per heavy atom. The van der Waals surface area contributed by atoms with Crippen molar-refractivity contribution >= 4 is 23.4 Å². The van der Waals surface area contributed by atoms with Gasteiger partial charge in [-0.05, 0) is 58.3 Å². The van der Waals surface area contributed by atoms with Crippen molar-refractivity contribution in [3.63, 3.8) is 0 Å². The molecule has 2 nitrogen and oxygen atoms in total. The van der Waals surface area contributed by atoms with Crippen molar-refractivity contribution in [2.75, 3.05) is 0 Å². The molecular formula is C22H23BO2. The number of rotatable bonds is 4. The highest BCUT2D eigenvalue weighted by atomic mass is 16.5. The molecule has 0 bridgehead atoms. The van der Waals surface area contributed by atoms with Gasteiger partial charge in [0.25, 0.3) is 0 Å². The van der Waals surface area contributed by atoms with E-state index in [-0.39, 0.29) is 0 Å². The van der Waals surface area contributed by atoms with E-state index in [2.05, 4.69) is 62.4 Å². The molecule has 0 spiro atoms. The van der Waals surface area contributed by atoms with Crippen LogP contribution in [0.4, 0.5) is 0 Å². The summed E-state index contributed by atoms with van der Waals surface area (Å²) >= 11 is 0. The van der Waals surface area contributed by atoms with E-state index in [0.29, 0.717) is 5.92 Å². The van der Waals surface area contributed by atoms with E-state index in [4.69, 9.17) is 4.65 Å². The lowest BCUT2D eigenvalue weighted by Gasteiger charge is -2.31. The van der Waals surface area contributed by atoms with Crippen molar-refractivity contribution in [2.24, 2.45) is 5.92 Å². The molecule has 1 aliphatic rings. The molecule has 3 aromatic carbocycles. The van der Waals surface area contributed by atoms with Crippen LogP contribution in [-0.4, -0.2) is 17.7 Å². The van der Waals surface area contributed by atoms with E-state index < -0.39 is 12.7 Å². The Labute approximate surface area is 149 Å². The van der Waals surface area contributed by atoms with Gasteiger partial charge in [0.1, 0.15) is 0 Å². The molecule has 0 saturated heterocycles. The number of hydrogen-bond acceptors (Lipinski definition) is 2. The molecular weight excluding hydrogens is 307 g/mol. The number of fused-ring (bicyclic) bond motifs is 3. The molecule has 1 aliphatic carbocycles. The third-order valence-corrected chi connectivity index (χ3v) is 5.65. The summed E-state index contributed by atoms with van der Waals surface area (Å²) in [5, 5.41) is 13.1. The molecule has 0 aliphatic heterocycles. The summed E-state index contributed by atoms with van der Waals surface area (Å²) in [7, 11) is -0.939. The fraction of sp³-hybridized carbons (Fsp3) is 0.273. The minimum atomic E-state index is -0.939. The highest BCUT2D eigenvalue weighted by Gasteiger charge is 2.32. The van der Waals surface area contributed by atoms with E-state index >= 15 is 0 Å². The van der Waals surface area contributed by atoms with E-state index in [1.807, 2.05) is 19.9 Å². The van der Waals surface area contributed by atoms with Crippen LogP contribution >= 0.6 is 0 Å². The summed E-state index contributed by atoms with van der Waals surface area (Å²) in [6.07, 6.45) is 0. The standard InChI is InChI=1S/C22H23BO2/c1-14(2)22(3,4)25-23(24)20-13-12-18-16-9-6-5-8-15(16)17-10-7-11-19(20)21(17)18/h5-14,24H,1-4H3. The maximum atomic E-state index is 10.8. The average molecular weight is 330 g/mol. The first-order valence-electron chi connectivity index (χ1n) is 8.91. The molecule has 0 amide bonds. The van der Waals surface area contributed by atoms with Gasteiger partial charge in [-0.15, -0.1) is 0 Å². The lowest BCUT2D eigenvalue weighted by molar-refractivity contribution is 0.0424. The molecule has 0 radical (unpaired) electrons. The SMILES string of the molecule is CC(C)C(C)(C)OB(O)c1ccc2c3c(cccc13)-c1ccccc1-2. The van der Waals surface area contributed by atoms with Crippen molar-refractivity contribution in [3.8, 4) is 22.3 Å². The number of benzene rings is 3. The molecule has 3 aromatic rings. The summed E-state index contributed by atoms with van der Waals surface area (Å²) in [6.45, 7) is 8.27. The van der Waals surface area contributed by atoms with Gasteiger partial charge in [-0.1, -0.05) is 68.4 Å². The zero-order chi connectivity index (χ0) is 17.8. The molecule has 25 heavy (non-hydrogen) atoms.